The first-order valence-electron chi connectivity index (χ1n) is 11.5. The van der Waals surface area contributed by atoms with Gasteiger partial charge in [-0.1, -0.05) is 61.6 Å². The van der Waals surface area contributed by atoms with Crippen LogP contribution >= 0.6 is 11.3 Å². The van der Waals surface area contributed by atoms with E-state index in [9.17, 15) is 13.5 Å². The van der Waals surface area contributed by atoms with Crippen molar-refractivity contribution >= 4 is 32.2 Å². The number of aromatic nitrogens is 1. The van der Waals surface area contributed by atoms with Gasteiger partial charge in [-0.3, -0.25) is 4.72 Å². The largest absolute Gasteiger partial charge is 0.508 e. The molecule has 0 bridgehead atoms. The maximum Gasteiger partial charge on any atom is 0.262 e. The molecule has 4 rings (SSSR count). The molecule has 0 spiro atoms. The molecule has 1 aliphatic rings. The monoisotopic (exact) mass is 485 g/mol. The molecule has 0 radical (unpaired) electrons. The van der Waals surface area contributed by atoms with E-state index in [2.05, 4.69) is 10.0 Å². The number of hydrogen-bond donors (Lipinski definition) is 3. The van der Waals surface area contributed by atoms with Crippen molar-refractivity contribution in [3.05, 3.63) is 53.7 Å². The highest BCUT2D eigenvalue weighted by atomic mass is 32.2. The van der Waals surface area contributed by atoms with Crippen LogP contribution < -0.4 is 10.0 Å². The van der Waals surface area contributed by atoms with Gasteiger partial charge in [0.05, 0.1) is 21.2 Å². The molecule has 176 valence electrons. The highest BCUT2D eigenvalue weighted by Crippen LogP contribution is 2.36. The van der Waals surface area contributed by atoms with E-state index < -0.39 is 10.0 Å². The third-order valence-electron chi connectivity index (χ3n) is 6.07. The van der Waals surface area contributed by atoms with E-state index in [1.54, 1.807) is 36.5 Å². The van der Waals surface area contributed by atoms with Crippen LogP contribution in [0.3, 0.4) is 0 Å². The Bertz CT molecular complexity index is 1210. The van der Waals surface area contributed by atoms with Crippen molar-refractivity contribution in [1.82, 2.24) is 4.98 Å². The predicted octanol–water partition coefficient (Wildman–Crippen LogP) is 6.46. The summed E-state index contributed by atoms with van der Waals surface area (Å²) in [4.78, 5) is 5.92. The van der Waals surface area contributed by atoms with Crippen molar-refractivity contribution in [1.29, 1.82) is 0 Å². The summed E-state index contributed by atoms with van der Waals surface area (Å²) < 4.78 is 28.8. The van der Waals surface area contributed by atoms with E-state index in [4.69, 9.17) is 4.98 Å². The zero-order valence-corrected chi connectivity index (χ0v) is 20.7. The molecule has 8 heteroatoms. The molecule has 1 heterocycles. The number of benzene rings is 2. The maximum absolute atomic E-state index is 13.1. The molecule has 0 saturated heterocycles. The minimum absolute atomic E-state index is 0.00489. The second kappa shape index (κ2) is 10.1. The number of phenols is 1. The van der Waals surface area contributed by atoms with E-state index in [-0.39, 0.29) is 10.6 Å². The normalized spacial score (nSPS) is 15.6. The number of rotatable bonds is 6. The predicted molar refractivity (Wildman–Crippen MR) is 136 cm³/mol. The van der Waals surface area contributed by atoms with Crippen LogP contribution in [0.25, 0.3) is 10.4 Å². The summed E-state index contributed by atoms with van der Waals surface area (Å²) >= 11 is 1.58. The molecule has 3 N–H and O–H groups in total. The highest BCUT2D eigenvalue weighted by Gasteiger charge is 2.20. The van der Waals surface area contributed by atoms with Crippen LogP contribution in [0.5, 0.6) is 5.75 Å². The van der Waals surface area contributed by atoms with Gasteiger partial charge >= 0.3 is 0 Å². The second-order valence-electron chi connectivity index (χ2n) is 8.76. The van der Waals surface area contributed by atoms with E-state index in [0.717, 1.165) is 21.3 Å². The number of nitrogens with one attached hydrogen (secondary N) is 2. The summed E-state index contributed by atoms with van der Waals surface area (Å²) in [7, 11) is -3.82. The van der Waals surface area contributed by atoms with Crippen molar-refractivity contribution in [2.75, 3.05) is 10.0 Å². The van der Waals surface area contributed by atoms with Crippen LogP contribution in [-0.2, 0) is 10.0 Å². The van der Waals surface area contributed by atoms with Crippen LogP contribution in [0.15, 0.2) is 47.4 Å². The Morgan fingerprint density at radius 1 is 1.00 bits per heavy atom. The quantitative estimate of drug-likeness (QED) is 0.373. The van der Waals surface area contributed by atoms with E-state index in [1.807, 2.05) is 19.1 Å². The SMILES string of the molecule is Cc1ccc(-c2sc(NC3CCCCCCC3)nc2C)cc1S(=O)(=O)Nc1cccc(O)c1. The number of thiazole rings is 1. The second-order valence-corrected chi connectivity index (χ2v) is 11.4. The molecule has 1 fully saturated rings. The van der Waals surface area contributed by atoms with E-state index in [0.29, 0.717) is 17.3 Å². The Hall–Kier alpha value is -2.58. The number of nitrogens with zero attached hydrogens (tertiary/aromatic N) is 1. The highest BCUT2D eigenvalue weighted by molar-refractivity contribution is 7.92. The molecule has 3 aromatic rings. The number of anilines is 2. The van der Waals surface area contributed by atoms with Gasteiger partial charge in [0.2, 0.25) is 0 Å². The number of aryl methyl sites for hydroxylation is 2. The summed E-state index contributed by atoms with van der Waals surface area (Å²) in [6.45, 7) is 3.75. The number of phenolic OH excluding ortho intramolecular Hbond substituents is 1. The fraction of sp³-hybridized carbons (Fsp3) is 0.400. The van der Waals surface area contributed by atoms with E-state index in [1.165, 1.54) is 57.1 Å². The van der Waals surface area contributed by atoms with Gasteiger partial charge in [0.1, 0.15) is 5.75 Å². The summed E-state index contributed by atoms with van der Waals surface area (Å²) in [5.41, 5.74) is 2.69. The Morgan fingerprint density at radius 3 is 2.45 bits per heavy atom. The number of sulfonamides is 1. The first kappa shape index (κ1) is 23.6. The van der Waals surface area contributed by atoms with Crippen LogP contribution in [0, 0.1) is 13.8 Å². The molecule has 33 heavy (non-hydrogen) atoms. The Kier molecular flexibility index (Phi) is 7.24. The molecule has 0 unspecified atom stereocenters. The first-order chi connectivity index (χ1) is 15.8. The summed E-state index contributed by atoms with van der Waals surface area (Å²) in [6.07, 6.45) is 8.78. The Morgan fingerprint density at radius 2 is 1.73 bits per heavy atom. The molecule has 0 amide bonds. The number of hydrogen-bond acceptors (Lipinski definition) is 6. The lowest BCUT2D eigenvalue weighted by Gasteiger charge is -2.20. The standard InChI is InChI=1S/C25H31N3O3S2/c1-17-13-14-19(15-23(17)33(30,31)28-21-11-8-12-22(29)16-21)24-18(2)26-25(32-24)27-20-9-6-4-3-5-7-10-20/h8,11-16,20,28-29H,3-7,9-10H2,1-2H3,(H,26,27). The van der Waals surface area contributed by atoms with Gasteiger partial charge < -0.3 is 10.4 Å². The van der Waals surface area contributed by atoms with Crippen molar-refractivity contribution < 1.29 is 13.5 Å². The molecule has 2 aromatic carbocycles. The molecule has 1 saturated carbocycles. The molecule has 1 aliphatic carbocycles. The molecular weight excluding hydrogens is 454 g/mol. The third-order valence-corrected chi connectivity index (χ3v) is 8.73. The molecule has 0 atom stereocenters. The van der Waals surface area contributed by atoms with Gasteiger partial charge in [0, 0.05) is 12.1 Å². The molecule has 0 aliphatic heterocycles. The number of aromatic hydroxyl groups is 1. The van der Waals surface area contributed by atoms with Crippen LogP contribution in [0.2, 0.25) is 0 Å². The van der Waals surface area contributed by atoms with Gasteiger partial charge in [-0.05, 0) is 56.0 Å². The fourth-order valence-electron chi connectivity index (χ4n) is 4.31. The van der Waals surface area contributed by atoms with Crippen LogP contribution in [0.1, 0.15) is 56.2 Å². The van der Waals surface area contributed by atoms with Crippen molar-refractivity contribution in [3.63, 3.8) is 0 Å². The van der Waals surface area contributed by atoms with Gasteiger partial charge in [-0.2, -0.15) is 0 Å². The van der Waals surface area contributed by atoms with Gasteiger partial charge in [-0.25, -0.2) is 13.4 Å². The lowest BCUT2D eigenvalue weighted by Crippen LogP contribution is -2.20. The average molecular weight is 486 g/mol. The lowest BCUT2D eigenvalue weighted by atomic mass is 9.97. The van der Waals surface area contributed by atoms with Crippen molar-refractivity contribution in [2.45, 2.75) is 69.7 Å². The summed E-state index contributed by atoms with van der Waals surface area (Å²) in [5, 5.41) is 14.2. The minimum atomic E-state index is -3.82. The summed E-state index contributed by atoms with van der Waals surface area (Å²) in [6, 6.07) is 12.0. The molecule has 6 nitrogen and oxygen atoms in total. The van der Waals surface area contributed by atoms with Gasteiger partial charge in [-0.15, -0.1) is 0 Å². The zero-order valence-electron chi connectivity index (χ0n) is 19.1. The molecular formula is C25H31N3O3S2. The summed E-state index contributed by atoms with van der Waals surface area (Å²) in [5.74, 6) is 0.00489. The topological polar surface area (TPSA) is 91.3 Å². The van der Waals surface area contributed by atoms with Crippen LogP contribution in [-0.4, -0.2) is 24.6 Å². The van der Waals surface area contributed by atoms with Crippen LogP contribution in [0.4, 0.5) is 10.8 Å². The Balaban J connectivity index is 1.58. The van der Waals surface area contributed by atoms with Crippen molar-refractivity contribution in [2.24, 2.45) is 0 Å². The van der Waals surface area contributed by atoms with Crippen molar-refractivity contribution in [3.8, 4) is 16.2 Å². The Labute approximate surface area is 200 Å². The minimum Gasteiger partial charge on any atom is -0.508 e. The average Bonchev–Trinajstić information content (AvgIpc) is 3.10. The maximum atomic E-state index is 13.1. The van der Waals surface area contributed by atoms with E-state index >= 15 is 0 Å². The lowest BCUT2D eigenvalue weighted by molar-refractivity contribution is 0.471. The van der Waals surface area contributed by atoms with Gasteiger partial charge in [0.25, 0.3) is 10.0 Å². The fourth-order valence-corrected chi connectivity index (χ4v) is 6.67. The smallest absolute Gasteiger partial charge is 0.262 e. The zero-order chi connectivity index (χ0) is 23.4. The third kappa shape index (κ3) is 5.86. The van der Waals surface area contributed by atoms with Gasteiger partial charge in [0.15, 0.2) is 5.13 Å². The first-order valence-corrected chi connectivity index (χ1v) is 13.8. The molecule has 1 aromatic heterocycles.